The fourth-order valence-electron chi connectivity index (χ4n) is 2.94. The molecule has 3 aromatic rings. The smallest absolute Gasteiger partial charge is 0.269 e. The van der Waals surface area contributed by atoms with Crippen LogP contribution >= 0.6 is 15.9 Å². The number of benzene rings is 3. The number of anilines is 1. The number of carbonyl (C=O) groups is 1. The van der Waals surface area contributed by atoms with Gasteiger partial charge in [0.15, 0.2) is 18.1 Å². The Morgan fingerprint density at radius 2 is 1.88 bits per heavy atom. The third kappa shape index (κ3) is 6.17. The Balaban J connectivity index is 1.78. The zero-order chi connectivity index (χ0) is 24.7. The Hall–Kier alpha value is -4.23. The molecule has 0 bridgehead atoms. The van der Waals surface area contributed by atoms with Crippen LogP contribution in [0.15, 0.2) is 65.1 Å². The van der Waals surface area contributed by atoms with Crippen LogP contribution in [0.25, 0.3) is 11.6 Å². The average molecular weight is 526 g/mol. The summed E-state index contributed by atoms with van der Waals surface area (Å²) < 4.78 is 24.5. The second-order valence-electron chi connectivity index (χ2n) is 6.85. The van der Waals surface area contributed by atoms with E-state index in [4.69, 9.17) is 9.47 Å². The molecule has 0 unspecified atom stereocenters. The van der Waals surface area contributed by atoms with Gasteiger partial charge in [-0.15, -0.1) is 0 Å². The Bertz CT molecular complexity index is 1290. The fourth-order valence-corrected chi connectivity index (χ4v) is 3.51. The number of carbonyl (C=O) groups excluding carboxylic acids is 1. The maximum Gasteiger partial charge on any atom is 0.269 e. The van der Waals surface area contributed by atoms with Crippen LogP contribution in [0.4, 0.5) is 15.8 Å². The molecule has 1 amide bonds. The van der Waals surface area contributed by atoms with Crippen molar-refractivity contribution in [1.29, 1.82) is 5.26 Å². The number of hydrogen-bond acceptors (Lipinski definition) is 6. The summed E-state index contributed by atoms with van der Waals surface area (Å²) in [6.45, 7) is -0.326. The van der Waals surface area contributed by atoms with Crippen LogP contribution in [0, 0.1) is 27.3 Å². The van der Waals surface area contributed by atoms with Gasteiger partial charge in [-0.25, -0.2) is 4.39 Å². The Morgan fingerprint density at radius 3 is 2.47 bits per heavy atom. The molecule has 0 fully saturated rings. The molecule has 0 atom stereocenters. The number of nitriles is 1. The predicted molar refractivity (Wildman–Crippen MR) is 128 cm³/mol. The molecule has 0 saturated heterocycles. The van der Waals surface area contributed by atoms with Crippen molar-refractivity contribution in [3.05, 3.63) is 92.2 Å². The monoisotopic (exact) mass is 525 g/mol. The van der Waals surface area contributed by atoms with Crippen LogP contribution in [0.3, 0.4) is 0 Å². The molecule has 8 nitrogen and oxygen atoms in total. The van der Waals surface area contributed by atoms with Gasteiger partial charge >= 0.3 is 0 Å². The predicted octanol–water partition coefficient (Wildman–Crippen LogP) is 5.59. The summed E-state index contributed by atoms with van der Waals surface area (Å²) >= 11 is 3.39. The van der Waals surface area contributed by atoms with Crippen LogP contribution in [-0.2, 0) is 4.79 Å². The topological polar surface area (TPSA) is 114 Å². The minimum absolute atomic E-state index is 0.0737. The zero-order valence-electron chi connectivity index (χ0n) is 17.7. The molecular weight excluding hydrogens is 509 g/mol. The molecule has 0 aliphatic rings. The first kappa shape index (κ1) is 24.4. The third-order valence-corrected chi connectivity index (χ3v) is 5.14. The first-order valence-corrected chi connectivity index (χ1v) is 10.5. The van der Waals surface area contributed by atoms with E-state index >= 15 is 0 Å². The summed E-state index contributed by atoms with van der Waals surface area (Å²) in [4.78, 5) is 22.5. The van der Waals surface area contributed by atoms with Crippen molar-refractivity contribution in [2.75, 3.05) is 19.0 Å². The molecule has 0 radical (unpaired) electrons. The van der Waals surface area contributed by atoms with E-state index in [0.29, 0.717) is 27.0 Å². The van der Waals surface area contributed by atoms with E-state index in [2.05, 4.69) is 27.3 Å². The summed E-state index contributed by atoms with van der Waals surface area (Å²) in [7, 11) is 1.43. The standard InChI is InChI=1S/C24H17BrFN3O5/c1-33-22-12-15(10-17(13-27)16-2-8-20(9-3-16)29(31)32)11-21(25)24(22)34-14-23(30)28-19-6-4-18(26)5-7-19/h2-12H,14H2,1H3,(H,28,30)/b17-10-. The molecule has 0 spiro atoms. The summed E-state index contributed by atoms with van der Waals surface area (Å²) in [5.74, 6) is -0.265. The summed E-state index contributed by atoms with van der Waals surface area (Å²) in [6.07, 6.45) is 1.60. The van der Waals surface area contributed by atoms with E-state index in [1.807, 2.05) is 0 Å². The van der Waals surface area contributed by atoms with E-state index in [1.165, 1.54) is 55.6 Å². The Labute approximate surface area is 202 Å². The molecular formula is C24H17BrFN3O5. The van der Waals surface area contributed by atoms with Crippen LogP contribution in [0.5, 0.6) is 11.5 Å². The van der Waals surface area contributed by atoms with Gasteiger partial charge in [-0.05, 0) is 81.7 Å². The summed E-state index contributed by atoms with van der Waals surface area (Å²) in [5.41, 5.74) is 1.76. The average Bonchev–Trinajstić information content (AvgIpc) is 2.83. The van der Waals surface area contributed by atoms with E-state index < -0.39 is 16.6 Å². The van der Waals surface area contributed by atoms with Crippen molar-refractivity contribution in [2.45, 2.75) is 0 Å². The van der Waals surface area contributed by atoms with Gasteiger partial charge in [-0.3, -0.25) is 14.9 Å². The molecule has 34 heavy (non-hydrogen) atoms. The molecule has 0 saturated carbocycles. The Kier molecular flexibility index (Phi) is 7.95. The summed E-state index contributed by atoms with van der Waals surface area (Å²) in [6, 6.07) is 16.4. The largest absolute Gasteiger partial charge is 0.493 e. The van der Waals surface area contributed by atoms with Crippen molar-refractivity contribution < 1.29 is 23.6 Å². The molecule has 3 rings (SSSR count). The van der Waals surface area contributed by atoms with Gasteiger partial charge in [0.25, 0.3) is 11.6 Å². The van der Waals surface area contributed by atoms with Crippen molar-refractivity contribution >= 4 is 44.9 Å². The highest BCUT2D eigenvalue weighted by Crippen LogP contribution is 2.37. The van der Waals surface area contributed by atoms with Crippen LogP contribution in [0.2, 0.25) is 0 Å². The highest BCUT2D eigenvalue weighted by molar-refractivity contribution is 9.10. The van der Waals surface area contributed by atoms with Gasteiger partial charge in [0, 0.05) is 17.8 Å². The second kappa shape index (κ2) is 11.1. The number of nitro benzene ring substituents is 1. The number of allylic oxidation sites excluding steroid dienone is 1. The highest BCUT2D eigenvalue weighted by atomic mass is 79.9. The number of halogens is 2. The molecule has 0 aliphatic carbocycles. The highest BCUT2D eigenvalue weighted by Gasteiger charge is 2.14. The SMILES string of the molecule is COc1cc(/C=C(/C#N)c2ccc([N+](=O)[O-])cc2)cc(Br)c1OCC(=O)Nc1ccc(F)cc1. The number of methoxy groups -OCH3 is 1. The van der Waals surface area contributed by atoms with Gasteiger partial charge in [-0.2, -0.15) is 5.26 Å². The lowest BCUT2D eigenvalue weighted by Gasteiger charge is -2.14. The van der Waals surface area contributed by atoms with Crippen molar-refractivity contribution in [1.82, 2.24) is 0 Å². The molecule has 0 aromatic heterocycles. The van der Waals surface area contributed by atoms with E-state index in [-0.39, 0.29) is 23.6 Å². The van der Waals surface area contributed by atoms with E-state index in [1.54, 1.807) is 18.2 Å². The van der Waals surface area contributed by atoms with Gasteiger partial charge in [0.05, 0.1) is 28.1 Å². The molecule has 10 heteroatoms. The minimum atomic E-state index is -0.514. The first-order chi connectivity index (χ1) is 16.3. The first-order valence-electron chi connectivity index (χ1n) is 9.73. The lowest BCUT2D eigenvalue weighted by molar-refractivity contribution is -0.384. The minimum Gasteiger partial charge on any atom is -0.493 e. The van der Waals surface area contributed by atoms with Crippen molar-refractivity contribution in [2.24, 2.45) is 0 Å². The third-order valence-electron chi connectivity index (χ3n) is 4.55. The van der Waals surface area contributed by atoms with E-state index in [0.717, 1.165) is 0 Å². The number of nitro groups is 1. The zero-order valence-corrected chi connectivity index (χ0v) is 19.3. The lowest BCUT2D eigenvalue weighted by Crippen LogP contribution is -2.20. The lowest BCUT2D eigenvalue weighted by atomic mass is 10.0. The number of non-ortho nitro benzene ring substituents is 1. The number of nitrogens with one attached hydrogen (secondary N) is 1. The number of rotatable bonds is 8. The molecule has 1 N–H and O–H groups in total. The number of amides is 1. The van der Waals surface area contributed by atoms with Crippen LogP contribution in [0.1, 0.15) is 11.1 Å². The maximum absolute atomic E-state index is 13.0. The fraction of sp³-hybridized carbons (Fsp3) is 0.0833. The van der Waals surface area contributed by atoms with Gasteiger partial charge < -0.3 is 14.8 Å². The molecule has 172 valence electrons. The number of nitrogens with zero attached hydrogens (tertiary/aromatic N) is 2. The number of hydrogen-bond donors (Lipinski definition) is 1. The van der Waals surface area contributed by atoms with Gasteiger partial charge in [-0.1, -0.05) is 0 Å². The quantitative estimate of drug-likeness (QED) is 0.177. The van der Waals surface area contributed by atoms with Crippen molar-refractivity contribution in [3.8, 4) is 17.6 Å². The van der Waals surface area contributed by atoms with Gasteiger partial charge in [0.2, 0.25) is 0 Å². The van der Waals surface area contributed by atoms with Gasteiger partial charge in [0.1, 0.15) is 5.82 Å². The van der Waals surface area contributed by atoms with Crippen LogP contribution in [-0.4, -0.2) is 24.5 Å². The number of ether oxygens (including phenoxy) is 2. The van der Waals surface area contributed by atoms with E-state index in [9.17, 15) is 24.6 Å². The van der Waals surface area contributed by atoms with Crippen LogP contribution < -0.4 is 14.8 Å². The second-order valence-corrected chi connectivity index (χ2v) is 7.71. The molecule has 0 heterocycles. The Morgan fingerprint density at radius 1 is 1.21 bits per heavy atom. The van der Waals surface area contributed by atoms with Crippen molar-refractivity contribution in [3.63, 3.8) is 0 Å². The maximum atomic E-state index is 13.0. The summed E-state index contributed by atoms with van der Waals surface area (Å²) in [5, 5.41) is 23.0. The normalized spacial score (nSPS) is 10.8. The molecule has 3 aromatic carbocycles. The molecule has 0 aliphatic heterocycles.